The van der Waals surface area contributed by atoms with Crippen molar-refractivity contribution in [2.24, 2.45) is 4.99 Å². The maximum Gasteiger partial charge on any atom is 0.335 e. The second-order valence-electron chi connectivity index (χ2n) is 5.31. The highest BCUT2D eigenvalue weighted by Gasteiger charge is 2.14. The summed E-state index contributed by atoms with van der Waals surface area (Å²) < 4.78 is 11.5. The molecule has 3 rings (SSSR count). The number of nitrogens with zero attached hydrogens (tertiary/aromatic N) is 2. The fourth-order valence-corrected chi connectivity index (χ4v) is 2.38. The summed E-state index contributed by atoms with van der Waals surface area (Å²) in [6, 6.07) is 10.0. The van der Waals surface area contributed by atoms with Crippen molar-refractivity contribution in [2.45, 2.75) is 13.5 Å². The summed E-state index contributed by atoms with van der Waals surface area (Å²) >= 11 is 0. The lowest BCUT2D eigenvalue weighted by atomic mass is 10.2. The van der Waals surface area contributed by atoms with Crippen molar-refractivity contribution in [3.8, 4) is 17.3 Å². The summed E-state index contributed by atoms with van der Waals surface area (Å²) in [6.45, 7) is 2.58. The molecule has 3 aromatic rings. The first-order valence-electron chi connectivity index (χ1n) is 7.94. The first-order valence-corrected chi connectivity index (χ1v) is 7.94. The van der Waals surface area contributed by atoms with Crippen molar-refractivity contribution in [3.63, 3.8) is 0 Å². The number of aromatic nitrogens is 2. The van der Waals surface area contributed by atoms with Gasteiger partial charge >= 0.3 is 5.69 Å². The van der Waals surface area contributed by atoms with E-state index in [-0.39, 0.29) is 12.1 Å². The van der Waals surface area contributed by atoms with E-state index in [9.17, 15) is 14.7 Å². The van der Waals surface area contributed by atoms with Crippen LogP contribution in [0.5, 0.6) is 11.6 Å². The van der Waals surface area contributed by atoms with Crippen LogP contribution in [0.25, 0.3) is 5.69 Å². The molecule has 0 bridgehead atoms. The molecule has 0 atom stereocenters. The minimum Gasteiger partial charge on any atom is -0.494 e. The Morgan fingerprint density at radius 2 is 2.04 bits per heavy atom. The van der Waals surface area contributed by atoms with E-state index in [0.29, 0.717) is 23.8 Å². The van der Waals surface area contributed by atoms with Gasteiger partial charge in [-0.05, 0) is 43.3 Å². The predicted molar refractivity (Wildman–Crippen MR) is 95.5 cm³/mol. The topological polar surface area (TPSA) is 110 Å². The Bertz CT molecular complexity index is 1010. The number of hydrogen-bond acceptors (Lipinski definition) is 6. The second-order valence-corrected chi connectivity index (χ2v) is 5.31. The van der Waals surface area contributed by atoms with Gasteiger partial charge in [0.05, 0.1) is 25.1 Å². The van der Waals surface area contributed by atoms with Crippen molar-refractivity contribution in [1.82, 2.24) is 9.55 Å². The first kappa shape index (κ1) is 17.3. The van der Waals surface area contributed by atoms with Crippen molar-refractivity contribution in [3.05, 3.63) is 74.8 Å². The van der Waals surface area contributed by atoms with Gasteiger partial charge in [-0.15, -0.1) is 0 Å². The van der Waals surface area contributed by atoms with Crippen LogP contribution in [0, 0.1) is 0 Å². The summed E-state index contributed by atoms with van der Waals surface area (Å²) in [5.74, 6) is 0.747. The van der Waals surface area contributed by atoms with Gasteiger partial charge < -0.3 is 14.3 Å². The van der Waals surface area contributed by atoms with Crippen LogP contribution in [0.15, 0.2) is 61.7 Å². The first-order chi connectivity index (χ1) is 12.6. The van der Waals surface area contributed by atoms with E-state index in [0.717, 1.165) is 4.57 Å². The fourth-order valence-electron chi connectivity index (χ4n) is 2.38. The Kier molecular flexibility index (Phi) is 5.02. The highest BCUT2D eigenvalue weighted by molar-refractivity contribution is 5.82. The van der Waals surface area contributed by atoms with Gasteiger partial charge in [-0.1, -0.05) is 0 Å². The molecule has 0 amide bonds. The Labute approximate surface area is 148 Å². The van der Waals surface area contributed by atoms with Crippen molar-refractivity contribution >= 4 is 6.21 Å². The normalized spacial score (nSPS) is 11.1. The lowest BCUT2D eigenvalue weighted by Gasteiger charge is -2.10. The molecule has 0 aliphatic rings. The molecule has 26 heavy (non-hydrogen) atoms. The Morgan fingerprint density at radius 3 is 2.69 bits per heavy atom. The van der Waals surface area contributed by atoms with E-state index in [1.165, 1.54) is 12.5 Å². The highest BCUT2D eigenvalue weighted by atomic mass is 16.5. The van der Waals surface area contributed by atoms with Gasteiger partial charge in [-0.2, -0.15) is 0 Å². The van der Waals surface area contributed by atoms with Crippen molar-refractivity contribution in [1.29, 1.82) is 0 Å². The van der Waals surface area contributed by atoms with Gasteiger partial charge in [0.2, 0.25) is 5.88 Å². The number of aromatic amines is 1. The number of aromatic hydroxyl groups is 1. The molecule has 0 unspecified atom stereocenters. The van der Waals surface area contributed by atoms with Crippen LogP contribution >= 0.6 is 0 Å². The third-order valence-corrected chi connectivity index (χ3v) is 3.57. The standard InChI is InChI=1S/C18H17N3O5/c1-2-25-13-7-5-12(6-8-13)21-17(23)15(16(22)20-18(21)24)11-19-10-14-4-3-9-26-14/h3-9,11,23H,2,10H2,1H3,(H,20,22,24). The number of nitrogens with one attached hydrogen (secondary N) is 1. The zero-order valence-electron chi connectivity index (χ0n) is 14.0. The molecular weight excluding hydrogens is 338 g/mol. The molecule has 134 valence electrons. The minimum atomic E-state index is -0.750. The van der Waals surface area contributed by atoms with Crippen LogP contribution in [0.3, 0.4) is 0 Å². The van der Waals surface area contributed by atoms with Crippen molar-refractivity contribution in [2.75, 3.05) is 6.61 Å². The summed E-state index contributed by atoms with van der Waals surface area (Å²) in [4.78, 5) is 30.4. The van der Waals surface area contributed by atoms with Gasteiger partial charge in [-0.25, -0.2) is 9.36 Å². The molecular formula is C18H17N3O5. The third kappa shape index (κ3) is 3.59. The number of benzene rings is 1. The van der Waals surface area contributed by atoms with E-state index in [4.69, 9.17) is 9.15 Å². The lowest BCUT2D eigenvalue weighted by Crippen LogP contribution is -2.31. The van der Waals surface area contributed by atoms with Crippen LogP contribution in [-0.4, -0.2) is 27.5 Å². The fraction of sp³-hybridized carbons (Fsp3) is 0.167. The molecule has 0 saturated carbocycles. The van der Waals surface area contributed by atoms with Crippen LogP contribution in [0.1, 0.15) is 18.2 Å². The Balaban J connectivity index is 1.97. The number of ether oxygens (including phenoxy) is 1. The predicted octanol–water partition coefficient (Wildman–Crippen LogP) is 1.84. The molecule has 0 fully saturated rings. The van der Waals surface area contributed by atoms with Crippen LogP contribution in [0.4, 0.5) is 0 Å². The van der Waals surface area contributed by atoms with E-state index >= 15 is 0 Å². The molecule has 2 N–H and O–H groups in total. The molecule has 2 aromatic heterocycles. The maximum atomic E-state index is 12.1. The molecule has 0 aliphatic carbocycles. The van der Waals surface area contributed by atoms with E-state index in [2.05, 4.69) is 9.98 Å². The summed E-state index contributed by atoms with van der Waals surface area (Å²) in [6.07, 6.45) is 2.72. The zero-order valence-corrected chi connectivity index (χ0v) is 14.0. The molecule has 2 heterocycles. The average Bonchev–Trinajstić information content (AvgIpc) is 3.13. The second kappa shape index (κ2) is 7.56. The molecule has 0 saturated heterocycles. The summed E-state index contributed by atoms with van der Waals surface area (Å²) in [7, 11) is 0. The van der Waals surface area contributed by atoms with Gasteiger partial charge in [0.25, 0.3) is 5.56 Å². The SMILES string of the molecule is CCOc1ccc(-n2c(O)c(C=NCc3ccco3)c(=O)[nH]c2=O)cc1. The van der Waals surface area contributed by atoms with Gasteiger partial charge in [-0.3, -0.25) is 14.8 Å². The minimum absolute atomic E-state index is 0.120. The highest BCUT2D eigenvalue weighted by Crippen LogP contribution is 2.19. The Hall–Kier alpha value is -3.55. The molecule has 0 aliphatic heterocycles. The van der Waals surface area contributed by atoms with Gasteiger partial charge in [0.1, 0.15) is 17.1 Å². The van der Waals surface area contributed by atoms with E-state index < -0.39 is 17.1 Å². The largest absolute Gasteiger partial charge is 0.494 e. The number of aliphatic imine (C=N–C) groups is 1. The van der Waals surface area contributed by atoms with Crippen LogP contribution in [0.2, 0.25) is 0 Å². The van der Waals surface area contributed by atoms with Gasteiger partial charge in [0.15, 0.2) is 0 Å². The number of hydrogen-bond donors (Lipinski definition) is 2. The zero-order chi connectivity index (χ0) is 18.5. The lowest BCUT2D eigenvalue weighted by molar-refractivity contribution is 0.340. The average molecular weight is 355 g/mol. The molecule has 8 nitrogen and oxygen atoms in total. The molecule has 8 heteroatoms. The van der Waals surface area contributed by atoms with Gasteiger partial charge in [0, 0.05) is 6.21 Å². The smallest absolute Gasteiger partial charge is 0.335 e. The third-order valence-electron chi connectivity index (χ3n) is 3.57. The van der Waals surface area contributed by atoms with E-state index in [1.807, 2.05) is 6.92 Å². The molecule has 1 aromatic carbocycles. The van der Waals surface area contributed by atoms with Crippen LogP contribution in [-0.2, 0) is 6.54 Å². The Morgan fingerprint density at radius 1 is 1.27 bits per heavy atom. The monoisotopic (exact) mass is 355 g/mol. The molecule has 0 spiro atoms. The quantitative estimate of drug-likeness (QED) is 0.656. The summed E-state index contributed by atoms with van der Waals surface area (Å²) in [5.41, 5.74) is -1.21. The molecule has 0 radical (unpaired) electrons. The number of furan rings is 1. The van der Waals surface area contributed by atoms with Crippen LogP contribution < -0.4 is 16.0 Å². The van der Waals surface area contributed by atoms with Crippen molar-refractivity contribution < 1.29 is 14.3 Å². The van der Waals surface area contributed by atoms with E-state index in [1.54, 1.807) is 36.4 Å². The number of H-pyrrole nitrogens is 1. The number of rotatable bonds is 6. The maximum absolute atomic E-state index is 12.1. The summed E-state index contributed by atoms with van der Waals surface area (Å²) in [5, 5.41) is 10.4.